The summed E-state index contributed by atoms with van der Waals surface area (Å²) in [4.78, 5) is 29.0. The minimum atomic E-state index is -3.57. The summed E-state index contributed by atoms with van der Waals surface area (Å²) in [6, 6.07) is 10.1. The van der Waals surface area contributed by atoms with Gasteiger partial charge in [-0.05, 0) is 31.2 Å². The molecule has 1 aromatic heterocycles. The summed E-state index contributed by atoms with van der Waals surface area (Å²) >= 11 is 6.93. The van der Waals surface area contributed by atoms with Gasteiger partial charge in [-0.25, -0.2) is 8.42 Å². The zero-order chi connectivity index (χ0) is 22.2. The molecule has 0 aliphatic carbocycles. The summed E-state index contributed by atoms with van der Waals surface area (Å²) in [5, 5.41) is 2.85. The predicted molar refractivity (Wildman–Crippen MR) is 121 cm³/mol. The summed E-state index contributed by atoms with van der Waals surface area (Å²) in [6.07, 6.45) is 0.218. The number of sulfonamides is 1. The lowest BCUT2D eigenvalue weighted by atomic mass is 10.1. The molecule has 2 amide bonds. The van der Waals surface area contributed by atoms with Gasteiger partial charge in [0.05, 0.1) is 22.3 Å². The number of carbonyl (C=O) groups excluding carboxylic acids is 2. The van der Waals surface area contributed by atoms with Crippen LogP contribution in [0.5, 0.6) is 0 Å². The molecule has 0 spiro atoms. The number of amides is 2. The van der Waals surface area contributed by atoms with Crippen molar-refractivity contribution < 1.29 is 18.0 Å². The number of halogens is 1. The molecule has 31 heavy (non-hydrogen) atoms. The van der Waals surface area contributed by atoms with E-state index in [2.05, 4.69) is 5.32 Å². The van der Waals surface area contributed by atoms with Gasteiger partial charge in [0.25, 0.3) is 10.0 Å². The number of para-hydroxylation sites is 2. The number of nitrogens with zero attached hydrogens (tertiary/aromatic N) is 3. The van der Waals surface area contributed by atoms with E-state index in [1.54, 1.807) is 17.0 Å². The fourth-order valence-electron chi connectivity index (χ4n) is 3.93. The quantitative estimate of drug-likeness (QED) is 0.723. The molecule has 8 nitrogen and oxygen atoms in total. The van der Waals surface area contributed by atoms with Crippen LogP contribution in [0.1, 0.15) is 13.3 Å². The maximum Gasteiger partial charge on any atom is 0.252 e. The van der Waals surface area contributed by atoms with Crippen LogP contribution >= 0.6 is 22.9 Å². The monoisotopic (exact) mass is 482 g/mol. The van der Waals surface area contributed by atoms with E-state index >= 15 is 0 Å². The number of piperazine rings is 1. The molecular formula is C20H23ClN4O4S2. The van der Waals surface area contributed by atoms with Crippen molar-refractivity contribution in [2.75, 3.05) is 42.9 Å². The Morgan fingerprint density at radius 3 is 2.55 bits per heavy atom. The van der Waals surface area contributed by atoms with Crippen LogP contribution in [0.2, 0.25) is 4.34 Å². The number of nitrogens with one attached hydrogen (secondary N) is 1. The SMILES string of the molecule is CC1CC(=O)Nc2ccccc2N1C(=O)CN1CCN(S(=O)(=O)c2ccc(Cl)s2)CC1. The average molecular weight is 483 g/mol. The van der Waals surface area contributed by atoms with Gasteiger partial charge in [-0.3, -0.25) is 14.5 Å². The van der Waals surface area contributed by atoms with Crippen LogP contribution in [0.25, 0.3) is 0 Å². The topological polar surface area (TPSA) is 90.0 Å². The molecule has 3 heterocycles. The van der Waals surface area contributed by atoms with Crippen LogP contribution in [0.4, 0.5) is 11.4 Å². The zero-order valence-corrected chi connectivity index (χ0v) is 19.3. The standard InChI is InChI=1S/C20H23ClN4O4S2/c1-14-12-18(26)22-15-4-2-3-5-16(15)25(14)19(27)13-23-8-10-24(11-9-23)31(28,29)20-7-6-17(21)30-20/h2-7,14H,8-13H2,1H3,(H,22,26). The Bertz CT molecular complexity index is 1100. The molecule has 0 bridgehead atoms. The predicted octanol–water partition coefficient (Wildman–Crippen LogP) is 2.47. The highest BCUT2D eigenvalue weighted by atomic mass is 35.5. The van der Waals surface area contributed by atoms with Crippen LogP contribution in [-0.2, 0) is 19.6 Å². The van der Waals surface area contributed by atoms with E-state index in [0.29, 0.717) is 41.9 Å². The van der Waals surface area contributed by atoms with Crippen molar-refractivity contribution in [1.29, 1.82) is 0 Å². The molecule has 0 radical (unpaired) electrons. The van der Waals surface area contributed by atoms with Gasteiger partial charge in [0.2, 0.25) is 11.8 Å². The molecule has 1 N–H and O–H groups in total. The van der Waals surface area contributed by atoms with E-state index < -0.39 is 10.0 Å². The van der Waals surface area contributed by atoms with Crippen molar-refractivity contribution in [3.63, 3.8) is 0 Å². The van der Waals surface area contributed by atoms with Crippen LogP contribution in [-0.4, -0.2) is 68.2 Å². The molecule has 2 aromatic rings. The van der Waals surface area contributed by atoms with Crippen molar-refractivity contribution in [2.45, 2.75) is 23.6 Å². The van der Waals surface area contributed by atoms with Crippen LogP contribution in [0.3, 0.4) is 0 Å². The second-order valence-electron chi connectivity index (χ2n) is 7.62. The van der Waals surface area contributed by atoms with E-state index in [1.165, 1.54) is 10.4 Å². The van der Waals surface area contributed by atoms with Crippen molar-refractivity contribution in [3.8, 4) is 0 Å². The molecule has 1 fully saturated rings. The number of fused-ring (bicyclic) bond motifs is 1. The zero-order valence-electron chi connectivity index (χ0n) is 17.0. The third kappa shape index (κ3) is 4.63. The van der Waals surface area contributed by atoms with Crippen LogP contribution in [0.15, 0.2) is 40.6 Å². The van der Waals surface area contributed by atoms with Gasteiger partial charge in [-0.15, -0.1) is 11.3 Å². The first-order chi connectivity index (χ1) is 14.8. The van der Waals surface area contributed by atoms with Crippen molar-refractivity contribution in [2.24, 2.45) is 0 Å². The molecule has 2 aliphatic rings. The van der Waals surface area contributed by atoms with Gasteiger partial charge >= 0.3 is 0 Å². The molecule has 11 heteroatoms. The van der Waals surface area contributed by atoms with Gasteiger partial charge in [0.1, 0.15) is 4.21 Å². The third-order valence-corrected chi connectivity index (χ3v) is 9.06. The van der Waals surface area contributed by atoms with E-state index in [-0.39, 0.29) is 35.0 Å². The van der Waals surface area contributed by atoms with Gasteiger partial charge in [-0.2, -0.15) is 4.31 Å². The van der Waals surface area contributed by atoms with Crippen molar-refractivity contribution in [3.05, 3.63) is 40.7 Å². The highest BCUT2D eigenvalue weighted by molar-refractivity contribution is 7.91. The number of hydrogen-bond donors (Lipinski definition) is 1. The smallest absolute Gasteiger partial charge is 0.252 e. The molecular weight excluding hydrogens is 460 g/mol. The largest absolute Gasteiger partial charge is 0.324 e. The third-order valence-electron chi connectivity index (χ3n) is 5.46. The minimum Gasteiger partial charge on any atom is -0.324 e. The van der Waals surface area contributed by atoms with Crippen LogP contribution < -0.4 is 10.2 Å². The summed E-state index contributed by atoms with van der Waals surface area (Å²) in [7, 11) is -3.57. The van der Waals surface area contributed by atoms with E-state index in [4.69, 9.17) is 11.6 Å². The summed E-state index contributed by atoms with van der Waals surface area (Å²) in [5.41, 5.74) is 1.30. The second-order valence-corrected chi connectivity index (χ2v) is 11.5. The summed E-state index contributed by atoms with van der Waals surface area (Å²) in [5.74, 6) is -0.236. The maximum atomic E-state index is 13.2. The normalized spacial score (nSPS) is 20.8. The molecule has 1 unspecified atom stereocenters. The number of carbonyl (C=O) groups is 2. The van der Waals surface area contributed by atoms with Gasteiger partial charge in [0.15, 0.2) is 0 Å². The summed E-state index contributed by atoms with van der Waals surface area (Å²) in [6.45, 7) is 3.52. The molecule has 2 aliphatic heterocycles. The molecule has 1 aromatic carbocycles. The Labute approximate surface area is 190 Å². The van der Waals surface area contributed by atoms with Crippen molar-refractivity contribution >= 4 is 56.2 Å². The lowest BCUT2D eigenvalue weighted by Gasteiger charge is -2.35. The fraction of sp³-hybridized carbons (Fsp3) is 0.400. The number of hydrogen-bond acceptors (Lipinski definition) is 6. The highest BCUT2D eigenvalue weighted by Gasteiger charge is 2.33. The number of anilines is 2. The maximum absolute atomic E-state index is 13.2. The molecule has 1 atom stereocenters. The number of thiophene rings is 1. The van der Waals surface area contributed by atoms with Gasteiger partial charge in [0, 0.05) is 38.6 Å². The van der Waals surface area contributed by atoms with Crippen LogP contribution in [0, 0.1) is 0 Å². The average Bonchev–Trinajstić information content (AvgIpc) is 3.11. The van der Waals surface area contributed by atoms with E-state index in [1.807, 2.05) is 30.0 Å². The van der Waals surface area contributed by atoms with E-state index in [0.717, 1.165) is 11.3 Å². The van der Waals surface area contributed by atoms with E-state index in [9.17, 15) is 18.0 Å². The number of benzene rings is 1. The first-order valence-corrected chi connectivity index (χ1v) is 12.6. The molecule has 4 rings (SSSR count). The Kier molecular flexibility index (Phi) is 6.36. The first-order valence-electron chi connectivity index (χ1n) is 9.94. The first kappa shape index (κ1) is 22.2. The lowest BCUT2D eigenvalue weighted by molar-refractivity contribution is -0.120. The Morgan fingerprint density at radius 2 is 1.87 bits per heavy atom. The second kappa shape index (κ2) is 8.87. The fourth-order valence-corrected chi connectivity index (χ4v) is 6.99. The van der Waals surface area contributed by atoms with Gasteiger partial charge < -0.3 is 10.2 Å². The molecule has 1 saturated heterocycles. The van der Waals surface area contributed by atoms with Crippen molar-refractivity contribution in [1.82, 2.24) is 9.21 Å². The molecule has 166 valence electrons. The van der Waals surface area contributed by atoms with Gasteiger partial charge in [-0.1, -0.05) is 23.7 Å². The Balaban J connectivity index is 1.43. The summed E-state index contributed by atoms with van der Waals surface area (Å²) < 4.78 is 27.6. The Hall–Kier alpha value is -1.98. The number of rotatable bonds is 4. The minimum absolute atomic E-state index is 0.113. The molecule has 0 saturated carbocycles. The Morgan fingerprint density at radius 1 is 1.16 bits per heavy atom. The highest BCUT2D eigenvalue weighted by Crippen LogP contribution is 2.32. The lowest BCUT2D eigenvalue weighted by Crippen LogP contribution is -2.52.